The molecule has 3 aliphatic rings. The van der Waals surface area contributed by atoms with Gasteiger partial charge in [0.2, 0.25) is 17.1 Å². The topological polar surface area (TPSA) is 32.3 Å². The highest BCUT2D eigenvalue weighted by Crippen LogP contribution is 2.54. The van der Waals surface area contributed by atoms with Crippen LogP contribution in [-0.2, 0) is 0 Å². The first-order valence-corrected chi connectivity index (χ1v) is 19.5. The Kier molecular flexibility index (Phi) is 6.96. The average molecular weight is 729 g/mol. The Balaban J connectivity index is 1.23. The van der Waals surface area contributed by atoms with Crippen LogP contribution in [0.5, 0.6) is 0 Å². The van der Waals surface area contributed by atoms with Crippen LogP contribution < -0.4 is 9.48 Å². The van der Waals surface area contributed by atoms with Gasteiger partial charge < -0.3 is 9.32 Å². The molecule has 0 saturated heterocycles. The molecule has 4 heteroatoms. The molecule has 57 heavy (non-hydrogen) atoms. The summed E-state index contributed by atoms with van der Waals surface area (Å²) in [5.41, 5.74) is 18.6. The standard InChI is InChI=1S/C53H34N3O/c1-3-16-34(17-4-1)55-46-28-10-11-29-47(46)56(35-18-5-2-6-19-35)49-33-45-44(32-48(49)55)40-24-13-23-39(43-26-14-25-42-37-21-9-12-30-50(37)57-53(42)43)51(40)38-22-8-7-20-36(38)41-27-15-31-54-52(41)45/h1-33,47H/q+1. The molecule has 1 aliphatic heterocycles. The van der Waals surface area contributed by atoms with Gasteiger partial charge in [-0.2, -0.15) is 4.58 Å². The molecule has 7 aromatic carbocycles. The average Bonchev–Trinajstić information content (AvgIpc) is 3.67. The van der Waals surface area contributed by atoms with Gasteiger partial charge in [0.25, 0.3) is 0 Å². The Labute approximate surface area is 330 Å². The van der Waals surface area contributed by atoms with Crippen molar-refractivity contribution in [3.05, 3.63) is 200 Å². The molecule has 0 bridgehead atoms. The van der Waals surface area contributed by atoms with Crippen LogP contribution in [0.2, 0.25) is 0 Å². The van der Waals surface area contributed by atoms with E-state index in [2.05, 4.69) is 198 Å². The van der Waals surface area contributed by atoms with E-state index in [1.165, 1.54) is 11.3 Å². The minimum atomic E-state index is -0.0242. The summed E-state index contributed by atoms with van der Waals surface area (Å²) in [5.74, 6) is 0. The minimum absolute atomic E-state index is 0.0242. The molecule has 0 saturated carbocycles. The minimum Gasteiger partial charge on any atom is -0.455 e. The maximum Gasteiger partial charge on any atom is 0.236 e. The van der Waals surface area contributed by atoms with Gasteiger partial charge >= 0.3 is 0 Å². The molecular formula is C53H34N3O+. The largest absolute Gasteiger partial charge is 0.455 e. The van der Waals surface area contributed by atoms with Gasteiger partial charge in [-0.15, -0.1) is 0 Å². The van der Waals surface area contributed by atoms with Crippen molar-refractivity contribution >= 4 is 50.4 Å². The molecule has 9 aromatic rings. The van der Waals surface area contributed by atoms with Gasteiger partial charge in [-0.05, 0) is 63.7 Å². The van der Waals surface area contributed by atoms with Crippen molar-refractivity contribution in [3.63, 3.8) is 0 Å². The van der Waals surface area contributed by atoms with Crippen molar-refractivity contribution in [3.8, 4) is 55.8 Å². The Hall–Kier alpha value is -7.56. The summed E-state index contributed by atoms with van der Waals surface area (Å²) < 4.78 is 9.15. The first-order valence-electron chi connectivity index (χ1n) is 19.5. The number of hydrogen-bond donors (Lipinski definition) is 0. The van der Waals surface area contributed by atoms with Crippen molar-refractivity contribution in [2.45, 2.75) is 6.04 Å². The van der Waals surface area contributed by atoms with Crippen molar-refractivity contribution in [1.29, 1.82) is 0 Å². The number of nitrogens with zero attached hydrogens (tertiary/aromatic N) is 3. The molecule has 0 N–H and O–H groups in total. The van der Waals surface area contributed by atoms with Crippen LogP contribution in [0, 0.1) is 0 Å². The number of allylic oxidation sites excluding steroid dienone is 2. The Morgan fingerprint density at radius 1 is 0.526 bits per heavy atom. The zero-order valence-electron chi connectivity index (χ0n) is 30.9. The molecule has 2 aliphatic carbocycles. The van der Waals surface area contributed by atoms with Crippen LogP contribution in [0.4, 0.5) is 22.7 Å². The first-order chi connectivity index (χ1) is 28.3. The number of aromatic nitrogens is 1. The van der Waals surface area contributed by atoms with E-state index in [0.29, 0.717) is 0 Å². The number of fused-ring (bicyclic) bond motifs is 13. The molecular weight excluding hydrogens is 695 g/mol. The number of para-hydroxylation sites is 4. The smallest absolute Gasteiger partial charge is 0.236 e. The van der Waals surface area contributed by atoms with Crippen LogP contribution in [0.1, 0.15) is 0 Å². The lowest BCUT2D eigenvalue weighted by molar-refractivity contribution is 0.670. The van der Waals surface area contributed by atoms with Gasteiger partial charge in [-0.25, -0.2) is 0 Å². The van der Waals surface area contributed by atoms with Gasteiger partial charge in [0.1, 0.15) is 22.9 Å². The number of pyridine rings is 1. The van der Waals surface area contributed by atoms with Crippen LogP contribution in [-0.4, -0.2) is 16.7 Å². The monoisotopic (exact) mass is 728 g/mol. The summed E-state index contributed by atoms with van der Waals surface area (Å²) >= 11 is 0. The van der Waals surface area contributed by atoms with Gasteiger partial charge in [-0.3, -0.25) is 4.98 Å². The van der Waals surface area contributed by atoms with Crippen molar-refractivity contribution in [2.24, 2.45) is 0 Å². The molecule has 0 radical (unpaired) electrons. The van der Waals surface area contributed by atoms with Gasteiger partial charge in [0.15, 0.2) is 0 Å². The predicted octanol–water partition coefficient (Wildman–Crippen LogP) is 13.6. The molecule has 0 fully saturated rings. The summed E-state index contributed by atoms with van der Waals surface area (Å²) in [7, 11) is 0. The second-order valence-corrected chi connectivity index (χ2v) is 14.8. The van der Waals surface area contributed by atoms with E-state index in [1.807, 2.05) is 12.3 Å². The number of rotatable bonds is 3. The number of furan rings is 1. The molecule has 1 atom stereocenters. The van der Waals surface area contributed by atoms with E-state index >= 15 is 0 Å². The fourth-order valence-electron chi connectivity index (χ4n) is 9.38. The number of hydrogen-bond acceptors (Lipinski definition) is 3. The third-order valence-electron chi connectivity index (χ3n) is 11.8. The maximum absolute atomic E-state index is 6.70. The Morgan fingerprint density at radius 3 is 2.09 bits per heavy atom. The first kappa shape index (κ1) is 31.8. The van der Waals surface area contributed by atoms with Gasteiger partial charge in [0.05, 0.1) is 5.69 Å². The van der Waals surface area contributed by atoms with Crippen molar-refractivity contribution in [1.82, 2.24) is 9.56 Å². The van der Waals surface area contributed by atoms with E-state index in [4.69, 9.17) is 9.40 Å². The predicted molar refractivity (Wildman–Crippen MR) is 236 cm³/mol. The zero-order chi connectivity index (χ0) is 37.5. The molecule has 0 spiro atoms. The lowest BCUT2D eigenvalue weighted by Gasteiger charge is -2.36. The van der Waals surface area contributed by atoms with Crippen molar-refractivity contribution in [2.75, 3.05) is 4.90 Å². The third kappa shape index (κ3) is 4.74. The van der Waals surface area contributed by atoms with E-state index in [-0.39, 0.29) is 6.04 Å². The number of benzene rings is 7. The molecule has 4 nitrogen and oxygen atoms in total. The SMILES string of the molecule is C1=CC2=[N+](c3ccccc3)c3cc4c(cc3N(c3ccccc3)C2C=C1)-c1ncccc1-c1ccccc1-c1c-4cccc1-c1cccc2c1oc1ccccc12. The quantitative estimate of drug-likeness (QED) is 0.170. The lowest BCUT2D eigenvalue weighted by Crippen LogP contribution is -2.44. The van der Waals surface area contributed by atoms with Crippen LogP contribution >= 0.6 is 0 Å². The summed E-state index contributed by atoms with van der Waals surface area (Å²) in [4.78, 5) is 7.69. The van der Waals surface area contributed by atoms with E-state index in [1.54, 1.807) is 0 Å². The van der Waals surface area contributed by atoms with Gasteiger partial charge in [-0.1, -0.05) is 140 Å². The number of anilines is 2. The molecule has 266 valence electrons. The summed E-state index contributed by atoms with van der Waals surface area (Å²) in [6, 6.07) is 61.0. The van der Waals surface area contributed by atoms with E-state index in [9.17, 15) is 0 Å². The summed E-state index contributed by atoms with van der Waals surface area (Å²) in [5, 5.41) is 2.24. The molecule has 1 unspecified atom stereocenters. The fourth-order valence-corrected chi connectivity index (χ4v) is 9.38. The molecule has 2 aromatic heterocycles. The Bertz CT molecular complexity index is 3190. The maximum atomic E-state index is 6.70. The highest BCUT2D eigenvalue weighted by atomic mass is 16.3. The summed E-state index contributed by atoms with van der Waals surface area (Å²) in [6.07, 6.45) is 10.8. The fraction of sp³-hybridized carbons (Fsp3) is 0.0189. The molecule has 0 amide bonds. The highest BCUT2D eigenvalue weighted by molar-refractivity contribution is 6.16. The second kappa shape index (κ2) is 12.5. The van der Waals surface area contributed by atoms with Crippen molar-refractivity contribution < 1.29 is 4.42 Å². The van der Waals surface area contributed by atoms with Crippen LogP contribution in [0.25, 0.3) is 77.7 Å². The van der Waals surface area contributed by atoms with Crippen LogP contribution in [0.3, 0.4) is 0 Å². The lowest BCUT2D eigenvalue weighted by atomic mass is 9.79. The highest BCUT2D eigenvalue weighted by Gasteiger charge is 2.41. The van der Waals surface area contributed by atoms with Crippen LogP contribution in [0.15, 0.2) is 205 Å². The third-order valence-corrected chi connectivity index (χ3v) is 11.8. The Morgan fingerprint density at radius 2 is 1.21 bits per heavy atom. The normalized spacial score (nSPS) is 14.9. The van der Waals surface area contributed by atoms with Gasteiger partial charge in [0, 0.05) is 63.6 Å². The molecule has 12 rings (SSSR count). The van der Waals surface area contributed by atoms with E-state index < -0.39 is 0 Å². The second-order valence-electron chi connectivity index (χ2n) is 14.8. The van der Waals surface area contributed by atoms with E-state index in [0.717, 1.165) is 94.9 Å². The summed E-state index contributed by atoms with van der Waals surface area (Å²) in [6.45, 7) is 0. The molecule has 3 heterocycles. The zero-order valence-corrected chi connectivity index (χ0v) is 30.9.